The number of aromatic amines is 1. The molecule has 0 spiro atoms. The Kier molecular flexibility index (Phi) is 6.45. The summed E-state index contributed by atoms with van der Waals surface area (Å²) in [5.74, 6) is -0.207. The minimum absolute atomic E-state index is 0.162. The van der Waals surface area contributed by atoms with Crippen molar-refractivity contribution in [2.75, 3.05) is 0 Å². The molecule has 0 unspecified atom stereocenters. The van der Waals surface area contributed by atoms with Crippen molar-refractivity contribution in [3.63, 3.8) is 0 Å². The van der Waals surface area contributed by atoms with E-state index in [1.165, 1.54) is 4.68 Å². The Morgan fingerprint density at radius 2 is 1.71 bits per heavy atom. The second-order valence-electron chi connectivity index (χ2n) is 11.5. The summed E-state index contributed by atoms with van der Waals surface area (Å²) in [4.78, 5) is 19.8. The molecule has 1 aromatic carbocycles. The highest BCUT2D eigenvalue weighted by atomic mass is 16.6. The van der Waals surface area contributed by atoms with Crippen molar-refractivity contribution >= 4 is 34.1 Å². The number of para-hydroxylation sites is 1. The second-order valence-corrected chi connectivity index (χ2v) is 11.5. The lowest BCUT2D eigenvalue weighted by Gasteiger charge is -2.19. The number of benzene rings is 1. The standard InChI is InChI=1S/C26H34N6O2/c1-24(2,3)21-19(16-13-11-12-14-17(16)28-21)29-30-23-20(27-10)22(25(4,5)6)31-32(23)15-18(33)34-26(7,8)9/h11-14,28H,15H2,1-9H3. The molecule has 0 saturated heterocycles. The number of carbonyl (C=O) groups is 1. The van der Waals surface area contributed by atoms with E-state index in [0.717, 1.165) is 16.6 Å². The van der Waals surface area contributed by atoms with Gasteiger partial charge in [0.2, 0.25) is 0 Å². The predicted octanol–water partition coefficient (Wildman–Crippen LogP) is 7.27. The highest BCUT2D eigenvalue weighted by molar-refractivity contribution is 5.93. The van der Waals surface area contributed by atoms with Gasteiger partial charge in [0.15, 0.2) is 5.82 Å². The van der Waals surface area contributed by atoms with Crippen LogP contribution in [0.3, 0.4) is 0 Å². The van der Waals surface area contributed by atoms with Gasteiger partial charge in [0, 0.05) is 22.0 Å². The van der Waals surface area contributed by atoms with E-state index in [1.807, 2.05) is 65.8 Å². The number of rotatable bonds is 4. The summed E-state index contributed by atoms with van der Waals surface area (Å²) in [6.45, 7) is 25.3. The molecular formula is C26H34N6O2. The number of fused-ring (bicyclic) bond motifs is 1. The van der Waals surface area contributed by atoms with Crippen LogP contribution in [0.5, 0.6) is 0 Å². The quantitative estimate of drug-likeness (QED) is 0.251. The Balaban J connectivity index is 2.17. The van der Waals surface area contributed by atoms with E-state index in [2.05, 4.69) is 45.9 Å². The Morgan fingerprint density at radius 1 is 1.06 bits per heavy atom. The molecule has 180 valence electrons. The lowest BCUT2D eigenvalue weighted by molar-refractivity contribution is -0.155. The predicted molar refractivity (Wildman–Crippen MR) is 134 cm³/mol. The first-order valence-corrected chi connectivity index (χ1v) is 11.4. The maximum absolute atomic E-state index is 12.6. The summed E-state index contributed by atoms with van der Waals surface area (Å²) in [5.41, 5.74) is 2.21. The maximum Gasteiger partial charge on any atom is 0.328 e. The van der Waals surface area contributed by atoms with Crippen molar-refractivity contribution in [2.45, 2.75) is 85.3 Å². The van der Waals surface area contributed by atoms with Gasteiger partial charge in [0.05, 0.1) is 12.3 Å². The Morgan fingerprint density at radius 3 is 2.26 bits per heavy atom. The third-order valence-electron chi connectivity index (χ3n) is 5.10. The van der Waals surface area contributed by atoms with Gasteiger partial charge in [-0.1, -0.05) is 59.7 Å². The molecular weight excluding hydrogens is 428 g/mol. The topological polar surface area (TPSA) is 89.0 Å². The van der Waals surface area contributed by atoms with Crippen LogP contribution in [0.15, 0.2) is 34.5 Å². The number of nitrogens with zero attached hydrogens (tertiary/aromatic N) is 5. The lowest BCUT2D eigenvalue weighted by atomic mass is 9.91. The van der Waals surface area contributed by atoms with Crippen molar-refractivity contribution in [1.29, 1.82) is 0 Å². The molecule has 1 N–H and O–H groups in total. The van der Waals surface area contributed by atoms with E-state index in [4.69, 9.17) is 11.3 Å². The van der Waals surface area contributed by atoms with Crippen molar-refractivity contribution < 1.29 is 9.53 Å². The largest absolute Gasteiger partial charge is 0.459 e. The molecule has 0 aliphatic carbocycles. The fourth-order valence-corrected chi connectivity index (χ4v) is 3.63. The maximum atomic E-state index is 12.6. The number of esters is 1. The zero-order valence-corrected chi connectivity index (χ0v) is 21.6. The van der Waals surface area contributed by atoms with Crippen LogP contribution in [0.2, 0.25) is 0 Å². The minimum atomic E-state index is -0.632. The van der Waals surface area contributed by atoms with Crippen LogP contribution in [0.4, 0.5) is 17.2 Å². The van der Waals surface area contributed by atoms with Gasteiger partial charge in [0.1, 0.15) is 17.8 Å². The highest BCUT2D eigenvalue weighted by Crippen LogP contribution is 2.42. The molecule has 0 aliphatic rings. The van der Waals surface area contributed by atoms with Crippen LogP contribution < -0.4 is 0 Å². The molecule has 0 fully saturated rings. The van der Waals surface area contributed by atoms with Crippen LogP contribution in [-0.4, -0.2) is 26.3 Å². The molecule has 8 nitrogen and oxygen atoms in total. The van der Waals surface area contributed by atoms with Gasteiger partial charge in [-0.25, -0.2) is 9.53 Å². The number of hydrogen-bond donors (Lipinski definition) is 1. The Hall–Kier alpha value is -3.47. The fraction of sp³-hybridized carbons (Fsp3) is 0.500. The molecule has 0 atom stereocenters. The monoisotopic (exact) mass is 462 g/mol. The summed E-state index contributed by atoms with van der Waals surface area (Å²) >= 11 is 0. The molecule has 0 aliphatic heterocycles. The average molecular weight is 463 g/mol. The molecule has 0 radical (unpaired) electrons. The van der Waals surface area contributed by atoms with Gasteiger partial charge < -0.3 is 9.72 Å². The first-order chi connectivity index (χ1) is 15.6. The van der Waals surface area contributed by atoms with Gasteiger partial charge in [-0.05, 0) is 32.3 Å². The summed E-state index contributed by atoms with van der Waals surface area (Å²) < 4.78 is 6.91. The molecule has 8 heteroatoms. The lowest BCUT2D eigenvalue weighted by Crippen LogP contribution is -2.27. The number of hydrogen-bond acceptors (Lipinski definition) is 5. The number of H-pyrrole nitrogens is 1. The van der Waals surface area contributed by atoms with E-state index in [9.17, 15) is 4.79 Å². The van der Waals surface area contributed by atoms with Crippen molar-refractivity contribution in [3.05, 3.63) is 47.1 Å². The van der Waals surface area contributed by atoms with Gasteiger partial charge >= 0.3 is 5.97 Å². The van der Waals surface area contributed by atoms with Gasteiger partial charge in [-0.3, -0.25) is 4.79 Å². The first kappa shape index (κ1) is 25.2. The second kappa shape index (κ2) is 8.71. The average Bonchev–Trinajstić information content (AvgIpc) is 3.22. The molecule has 2 aromatic heterocycles. The molecule has 0 amide bonds. The number of nitrogens with one attached hydrogen (secondary N) is 1. The van der Waals surface area contributed by atoms with Gasteiger partial charge in [0.25, 0.3) is 5.69 Å². The molecule has 3 aromatic rings. The third-order valence-corrected chi connectivity index (χ3v) is 5.10. The van der Waals surface area contributed by atoms with Crippen LogP contribution in [0, 0.1) is 6.57 Å². The smallest absolute Gasteiger partial charge is 0.328 e. The fourth-order valence-electron chi connectivity index (χ4n) is 3.63. The first-order valence-electron chi connectivity index (χ1n) is 11.4. The molecule has 34 heavy (non-hydrogen) atoms. The normalized spacial score (nSPS) is 12.9. The number of ether oxygens (including phenoxy) is 1. The van der Waals surface area contributed by atoms with Crippen molar-refractivity contribution in [3.8, 4) is 0 Å². The van der Waals surface area contributed by atoms with E-state index < -0.39 is 17.0 Å². The van der Waals surface area contributed by atoms with E-state index in [0.29, 0.717) is 11.4 Å². The van der Waals surface area contributed by atoms with Gasteiger partial charge in [-0.2, -0.15) is 5.10 Å². The SMILES string of the molecule is [C-]#[N+]c1c(C(C)(C)C)nn(CC(=O)OC(C)(C)C)c1N=Nc1c(C(C)(C)C)[nH]c2ccccc12. The third kappa shape index (κ3) is 5.36. The summed E-state index contributed by atoms with van der Waals surface area (Å²) in [7, 11) is 0. The number of aromatic nitrogens is 3. The van der Waals surface area contributed by atoms with Crippen LogP contribution in [-0.2, 0) is 26.9 Å². The Labute approximate surface area is 201 Å². The molecule has 3 rings (SSSR count). The Bertz CT molecular complexity index is 1280. The number of azo groups is 1. The van der Waals surface area contributed by atoms with Gasteiger partial charge in [-0.15, -0.1) is 10.2 Å². The molecule has 0 bridgehead atoms. The van der Waals surface area contributed by atoms with Crippen LogP contribution >= 0.6 is 0 Å². The molecule has 0 saturated carbocycles. The van der Waals surface area contributed by atoms with Crippen LogP contribution in [0.25, 0.3) is 15.7 Å². The zero-order chi connectivity index (χ0) is 25.5. The summed E-state index contributed by atoms with van der Waals surface area (Å²) in [5, 5.41) is 14.7. The number of carbonyl (C=O) groups excluding carboxylic acids is 1. The van der Waals surface area contributed by atoms with Crippen LogP contribution in [0.1, 0.15) is 73.7 Å². The van der Waals surface area contributed by atoms with Crippen molar-refractivity contribution in [2.24, 2.45) is 10.2 Å². The van der Waals surface area contributed by atoms with E-state index in [-0.39, 0.29) is 23.5 Å². The van der Waals surface area contributed by atoms with Crippen molar-refractivity contribution in [1.82, 2.24) is 14.8 Å². The van der Waals surface area contributed by atoms with E-state index >= 15 is 0 Å². The zero-order valence-electron chi connectivity index (χ0n) is 21.6. The summed E-state index contributed by atoms with van der Waals surface area (Å²) in [6, 6.07) is 7.91. The summed E-state index contributed by atoms with van der Waals surface area (Å²) in [6.07, 6.45) is 0. The minimum Gasteiger partial charge on any atom is -0.459 e. The molecule has 2 heterocycles. The van der Waals surface area contributed by atoms with E-state index in [1.54, 1.807) is 0 Å². The highest BCUT2D eigenvalue weighted by Gasteiger charge is 2.29.